The van der Waals surface area contributed by atoms with Gasteiger partial charge < -0.3 is 5.32 Å². The van der Waals surface area contributed by atoms with Gasteiger partial charge in [-0.15, -0.1) is 0 Å². The number of hydrogen-bond acceptors (Lipinski definition) is 5. The van der Waals surface area contributed by atoms with E-state index >= 15 is 0 Å². The molecule has 0 bridgehead atoms. The lowest BCUT2D eigenvalue weighted by Crippen LogP contribution is -1.96. The van der Waals surface area contributed by atoms with E-state index in [4.69, 9.17) is 34.8 Å². The van der Waals surface area contributed by atoms with Gasteiger partial charge in [0, 0.05) is 32.7 Å². The molecular weight excluding hydrogens is 442 g/mol. The summed E-state index contributed by atoms with van der Waals surface area (Å²) in [4.78, 5) is 14.0. The van der Waals surface area contributed by atoms with Crippen LogP contribution in [0.25, 0.3) is 10.3 Å². The largest absolute Gasteiger partial charge is 0.338 e. The van der Waals surface area contributed by atoms with Gasteiger partial charge >= 0.3 is 0 Å². The fourth-order valence-electron chi connectivity index (χ4n) is 2.69. The minimum absolute atomic E-state index is 0.352. The van der Waals surface area contributed by atoms with Crippen molar-refractivity contribution in [2.24, 2.45) is 0 Å². The zero-order valence-electron chi connectivity index (χ0n) is 14.2. The summed E-state index contributed by atoms with van der Waals surface area (Å²) >= 11 is 20.1. The molecule has 0 atom stereocenters. The second-order valence-corrected chi connectivity index (χ2v) is 8.21. The average Bonchev–Trinajstić information content (AvgIpc) is 3.09. The van der Waals surface area contributed by atoms with Crippen LogP contribution in [0.1, 0.15) is 16.1 Å². The first-order valence-electron chi connectivity index (χ1n) is 8.20. The van der Waals surface area contributed by atoms with Crippen LogP contribution in [-0.2, 0) is 13.1 Å². The van der Waals surface area contributed by atoms with Crippen LogP contribution in [0.15, 0.2) is 42.7 Å². The van der Waals surface area contributed by atoms with Gasteiger partial charge in [-0.2, -0.15) is 0 Å². The maximum atomic E-state index is 12.8. The first-order chi connectivity index (χ1) is 13.5. The molecule has 0 saturated carbocycles. The van der Waals surface area contributed by atoms with Crippen molar-refractivity contribution >= 4 is 68.0 Å². The summed E-state index contributed by atoms with van der Waals surface area (Å²) in [6.45, 7) is -0.614. The van der Waals surface area contributed by atoms with Crippen molar-refractivity contribution < 1.29 is 4.39 Å². The van der Waals surface area contributed by atoms with E-state index in [9.17, 15) is 4.39 Å². The summed E-state index contributed by atoms with van der Waals surface area (Å²) < 4.78 is 12.8. The molecule has 2 aromatic carbocycles. The third-order valence-electron chi connectivity index (χ3n) is 4.09. The molecular formula is C19H12Cl3FN4S. The molecule has 0 radical (unpaired) electrons. The van der Waals surface area contributed by atoms with Crippen molar-refractivity contribution in [1.29, 1.82) is 0 Å². The predicted molar refractivity (Wildman–Crippen MR) is 114 cm³/mol. The molecule has 0 fully saturated rings. The maximum Gasteiger partial charge on any atom is 0.161 e. The summed E-state index contributed by atoms with van der Waals surface area (Å²) in [5, 5.41) is 5.54. The zero-order valence-corrected chi connectivity index (χ0v) is 17.3. The Kier molecular flexibility index (Phi) is 5.64. The molecule has 4 rings (SSSR count). The number of alkyl halides is 1. The number of nitrogens with one attached hydrogen (secondary N) is 1. The molecule has 0 aliphatic rings. The highest BCUT2D eigenvalue weighted by Gasteiger charge is 2.14. The summed E-state index contributed by atoms with van der Waals surface area (Å²) in [7, 11) is 0. The van der Waals surface area contributed by atoms with E-state index in [2.05, 4.69) is 20.3 Å². The summed E-state index contributed by atoms with van der Waals surface area (Å²) in [6, 6.07) is 10.4. The lowest BCUT2D eigenvalue weighted by Gasteiger charge is -2.07. The third kappa shape index (κ3) is 3.91. The van der Waals surface area contributed by atoms with Crippen molar-refractivity contribution in [3.63, 3.8) is 0 Å². The molecule has 9 heteroatoms. The molecule has 0 aliphatic heterocycles. The molecule has 4 aromatic rings. The van der Waals surface area contributed by atoms with Crippen molar-refractivity contribution in [3.8, 4) is 0 Å². The third-order valence-corrected chi connectivity index (χ3v) is 6.11. The fraction of sp³-hybridized carbons (Fsp3) is 0.105. The van der Waals surface area contributed by atoms with Crippen LogP contribution in [0, 0.1) is 0 Å². The molecule has 28 heavy (non-hydrogen) atoms. The molecule has 0 saturated heterocycles. The molecule has 4 nitrogen and oxygen atoms in total. The Morgan fingerprint density at radius 1 is 1.00 bits per heavy atom. The Balaban J connectivity index is 1.67. The Morgan fingerprint density at radius 3 is 2.50 bits per heavy atom. The van der Waals surface area contributed by atoms with Crippen LogP contribution < -0.4 is 5.32 Å². The Morgan fingerprint density at radius 2 is 1.79 bits per heavy atom. The molecule has 0 amide bonds. The average molecular weight is 454 g/mol. The topological polar surface area (TPSA) is 50.7 Å². The Bertz CT molecular complexity index is 1150. The van der Waals surface area contributed by atoms with E-state index < -0.39 is 6.67 Å². The summed E-state index contributed by atoms with van der Waals surface area (Å²) in [5.74, 6) is 0.543. The first kappa shape index (κ1) is 19.3. The van der Waals surface area contributed by atoms with Gasteiger partial charge in [-0.25, -0.2) is 19.3 Å². The van der Waals surface area contributed by atoms with Gasteiger partial charge in [-0.3, -0.25) is 0 Å². The molecule has 0 spiro atoms. The standard InChI is InChI=1S/C19H12Cl3FN4S/c20-13-2-1-3-14(21)12(13)7-16-27-17-18(24-9-25-19(17)28-16)26-11-5-4-10(8-23)15(22)6-11/h1-6,9H,7-8H2,(H,24,25,26). The number of aromatic nitrogens is 3. The number of halogens is 4. The van der Waals surface area contributed by atoms with E-state index in [-0.39, 0.29) is 0 Å². The number of fused-ring (bicyclic) bond motifs is 1. The normalized spacial score (nSPS) is 11.1. The summed E-state index contributed by atoms with van der Waals surface area (Å²) in [6.07, 6.45) is 1.96. The van der Waals surface area contributed by atoms with Crippen LogP contribution in [0.2, 0.25) is 15.1 Å². The molecule has 1 N–H and O–H groups in total. The second kappa shape index (κ2) is 8.17. The van der Waals surface area contributed by atoms with Crippen LogP contribution in [-0.4, -0.2) is 15.0 Å². The zero-order chi connectivity index (χ0) is 19.7. The molecule has 142 valence electrons. The minimum Gasteiger partial charge on any atom is -0.338 e. The lowest BCUT2D eigenvalue weighted by molar-refractivity contribution is 0.485. The lowest BCUT2D eigenvalue weighted by atomic mass is 10.1. The quantitative estimate of drug-likeness (QED) is 0.359. The molecule has 2 heterocycles. The van der Waals surface area contributed by atoms with E-state index in [1.54, 1.807) is 36.4 Å². The minimum atomic E-state index is -0.614. The van der Waals surface area contributed by atoms with E-state index in [0.29, 0.717) is 44.1 Å². The van der Waals surface area contributed by atoms with Crippen molar-refractivity contribution in [2.75, 3.05) is 5.32 Å². The van der Waals surface area contributed by atoms with Crippen molar-refractivity contribution in [3.05, 3.63) is 73.9 Å². The van der Waals surface area contributed by atoms with Crippen LogP contribution in [0.3, 0.4) is 0 Å². The number of hydrogen-bond donors (Lipinski definition) is 1. The van der Waals surface area contributed by atoms with Gasteiger partial charge in [0.05, 0.1) is 0 Å². The van der Waals surface area contributed by atoms with Gasteiger partial charge in [-0.05, 0) is 29.8 Å². The molecule has 0 aliphatic carbocycles. The number of thiazole rings is 1. The SMILES string of the molecule is FCc1ccc(Nc2ncnc3sc(Cc4c(Cl)cccc4Cl)nc23)cc1Cl. The fourth-order valence-corrected chi connectivity index (χ4v) is 4.36. The number of nitrogens with zero attached hydrogens (tertiary/aromatic N) is 3. The van der Waals surface area contributed by atoms with E-state index in [0.717, 1.165) is 15.4 Å². The number of rotatable bonds is 5. The molecule has 2 aromatic heterocycles. The van der Waals surface area contributed by atoms with Crippen molar-refractivity contribution in [1.82, 2.24) is 15.0 Å². The Labute approximate surface area is 179 Å². The highest BCUT2D eigenvalue weighted by molar-refractivity contribution is 7.18. The smallest absolute Gasteiger partial charge is 0.161 e. The second-order valence-electron chi connectivity index (χ2n) is 5.93. The van der Waals surface area contributed by atoms with Crippen LogP contribution in [0.5, 0.6) is 0 Å². The Hall–Kier alpha value is -1.99. The molecule has 0 unspecified atom stereocenters. The maximum absolute atomic E-state index is 12.8. The van der Waals surface area contributed by atoms with Crippen LogP contribution in [0.4, 0.5) is 15.9 Å². The highest BCUT2D eigenvalue weighted by Crippen LogP contribution is 2.32. The van der Waals surface area contributed by atoms with Gasteiger partial charge in [0.2, 0.25) is 0 Å². The monoisotopic (exact) mass is 452 g/mol. The predicted octanol–water partition coefficient (Wildman–Crippen LogP) is 6.85. The first-order valence-corrected chi connectivity index (χ1v) is 10.1. The van der Waals surface area contributed by atoms with E-state index in [1.807, 2.05) is 0 Å². The highest BCUT2D eigenvalue weighted by atomic mass is 35.5. The van der Waals surface area contributed by atoms with Gasteiger partial charge in [-0.1, -0.05) is 58.3 Å². The van der Waals surface area contributed by atoms with Crippen molar-refractivity contribution in [2.45, 2.75) is 13.1 Å². The number of benzene rings is 2. The summed E-state index contributed by atoms with van der Waals surface area (Å²) in [5.41, 5.74) is 2.58. The van der Waals surface area contributed by atoms with Gasteiger partial charge in [0.15, 0.2) is 5.82 Å². The van der Waals surface area contributed by atoms with Crippen LogP contribution >= 0.6 is 46.1 Å². The van der Waals surface area contributed by atoms with Gasteiger partial charge in [0.25, 0.3) is 0 Å². The number of anilines is 2. The van der Waals surface area contributed by atoms with E-state index in [1.165, 1.54) is 17.7 Å². The van der Waals surface area contributed by atoms with Gasteiger partial charge in [0.1, 0.15) is 28.4 Å².